The molecule has 0 radical (unpaired) electrons. The largest absolute Gasteiger partial charge is 0.508 e. The van der Waals surface area contributed by atoms with Crippen LogP contribution in [-0.2, 0) is 19.1 Å². The van der Waals surface area contributed by atoms with Crippen LogP contribution in [-0.4, -0.2) is 74.6 Å². The van der Waals surface area contributed by atoms with Crippen LogP contribution in [0.15, 0.2) is 47.4 Å². The van der Waals surface area contributed by atoms with E-state index in [9.17, 15) is 34.8 Å². The summed E-state index contributed by atoms with van der Waals surface area (Å²) in [7, 11) is 3.12. The number of allylic oxidation sites excluding steroid dienone is 1. The number of fused-ring (bicyclic) bond motifs is 3. The Balaban J connectivity index is 1.78. The highest BCUT2D eigenvalue weighted by molar-refractivity contribution is 6.24. The Bertz CT molecular complexity index is 1390. The van der Waals surface area contributed by atoms with Crippen LogP contribution < -0.4 is 5.73 Å². The third kappa shape index (κ3) is 4.18. The van der Waals surface area contributed by atoms with E-state index in [-0.39, 0.29) is 22.8 Å². The predicted molar refractivity (Wildman–Crippen MR) is 150 cm³/mol. The van der Waals surface area contributed by atoms with Gasteiger partial charge in [-0.1, -0.05) is 51.3 Å². The van der Waals surface area contributed by atoms with Crippen molar-refractivity contribution in [2.45, 2.75) is 69.1 Å². The number of nitrogens with zero attached hydrogens (tertiary/aromatic N) is 1. The summed E-state index contributed by atoms with van der Waals surface area (Å²) in [6.07, 6.45) is 4.73. The molecule has 0 bridgehead atoms. The first-order chi connectivity index (χ1) is 19.3. The van der Waals surface area contributed by atoms with Crippen molar-refractivity contribution >= 4 is 23.2 Å². The molecule has 1 aromatic rings. The number of aliphatic hydroxyl groups excluding tert-OH is 2. The third-order valence-corrected chi connectivity index (χ3v) is 9.56. The fourth-order valence-electron chi connectivity index (χ4n) is 7.56. The molecule has 0 aliphatic heterocycles. The molecule has 0 spiro atoms. The fourth-order valence-corrected chi connectivity index (χ4v) is 7.56. The molecule has 220 valence electrons. The number of primary amides is 1. The Morgan fingerprint density at radius 1 is 1.10 bits per heavy atom. The summed E-state index contributed by atoms with van der Waals surface area (Å²) in [6, 6.07) is 3.45. The van der Waals surface area contributed by atoms with Gasteiger partial charge in [0.15, 0.2) is 11.4 Å². The minimum absolute atomic E-state index is 0.00175. The Kier molecular flexibility index (Phi) is 7.28. The summed E-state index contributed by atoms with van der Waals surface area (Å²) in [5.74, 6) is -7.54. The quantitative estimate of drug-likeness (QED) is 0.204. The molecule has 10 heteroatoms. The van der Waals surface area contributed by atoms with E-state index in [4.69, 9.17) is 10.5 Å². The van der Waals surface area contributed by atoms with E-state index in [0.717, 1.165) is 38.5 Å². The SMILES string of the molecule is C=C(O[C@H]1[C@H]2C(=C(O)c3c(O)cccc3[C@@H]2C)C(=O)[C@]2(O)C(O)=C(C(N)=O)C(=O)[C@@H](N(C)C)[C@H]12)C1CCCCCC1. The zero-order valence-corrected chi connectivity index (χ0v) is 23.6. The normalized spacial score (nSPS) is 32.3. The highest BCUT2D eigenvalue weighted by atomic mass is 16.5. The molecule has 0 unspecified atom stereocenters. The van der Waals surface area contributed by atoms with E-state index < -0.39 is 70.1 Å². The van der Waals surface area contributed by atoms with Crippen LogP contribution in [0.5, 0.6) is 5.75 Å². The second-order valence-electron chi connectivity index (χ2n) is 12.0. The number of ketones is 2. The number of Topliss-reactive ketones (excluding diaryl/α,β-unsaturated/α-hetero) is 2. The maximum absolute atomic E-state index is 14.3. The molecule has 4 aliphatic rings. The number of amides is 1. The summed E-state index contributed by atoms with van der Waals surface area (Å²) in [5.41, 5.74) is 2.11. The summed E-state index contributed by atoms with van der Waals surface area (Å²) >= 11 is 0. The van der Waals surface area contributed by atoms with Crippen LogP contribution in [0.1, 0.15) is 62.5 Å². The number of carbonyl (C=O) groups is 3. The van der Waals surface area contributed by atoms with E-state index in [1.165, 1.54) is 11.0 Å². The van der Waals surface area contributed by atoms with Crippen LogP contribution in [0.2, 0.25) is 0 Å². The second kappa shape index (κ2) is 10.3. The number of hydrogen-bond acceptors (Lipinski definition) is 9. The summed E-state index contributed by atoms with van der Waals surface area (Å²) < 4.78 is 6.63. The van der Waals surface area contributed by atoms with Crippen LogP contribution in [0, 0.1) is 17.8 Å². The predicted octanol–water partition coefficient (Wildman–Crippen LogP) is 3.00. The first-order valence-electron chi connectivity index (χ1n) is 14.2. The number of benzene rings is 1. The van der Waals surface area contributed by atoms with Crippen molar-refractivity contribution in [3.63, 3.8) is 0 Å². The molecule has 0 heterocycles. The Morgan fingerprint density at radius 2 is 1.73 bits per heavy atom. The van der Waals surface area contributed by atoms with Crippen molar-refractivity contribution in [3.8, 4) is 5.75 Å². The molecule has 2 saturated carbocycles. The lowest BCUT2D eigenvalue weighted by atomic mass is 9.54. The molecule has 6 atom stereocenters. The van der Waals surface area contributed by atoms with Gasteiger partial charge >= 0.3 is 0 Å². The third-order valence-electron chi connectivity index (χ3n) is 9.56. The second-order valence-corrected chi connectivity index (χ2v) is 12.0. The van der Waals surface area contributed by atoms with Crippen LogP contribution >= 0.6 is 0 Å². The topological polar surface area (TPSA) is 171 Å². The highest BCUT2D eigenvalue weighted by Gasteiger charge is 2.69. The van der Waals surface area contributed by atoms with Gasteiger partial charge in [0.1, 0.15) is 28.9 Å². The lowest BCUT2D eigenvalue weighted by Crippen LogP contribution is -2.70. The number of aromatic hydroxyl groups is 1. The van der Waals surface area contributed by atoms with Crippen molar-refractivity contribution in [1.82, 2.24) is 4.90 Å². The van der Waals surface area contributed by atoms with Gasteiger partial charge in [0.05, 0.1) is 23.3 Å². The Hall–Kier alpha value is -3.63. The maximum atomic E-state index is 14.3. The monoisotopic (exact) mass is 566 g/mol. The summed E-state index contributed by atoms with van der Waals surface area (Å²) in [5, 5.41) is 45.7. The molecule has 5 rings (SSSR count). The molecular weight excluding hydrogens is 528 g/mol. The van der Waals surface area contributed by atoms with E-state index in [1.807, 2.05) is 6.92 Å². The average Bonchev–Trinajstić information content (AvgIpc) is 3.20. The Morgan fingerprint density at radius 3 is 2.32 bits per heavy atom. The van der Waals surface area contributed by atoms with Gasteiger partial charge in [-0.15, -0.1) is 0 Å². The standard InChI is InChI=1S/C31H38N2O8/c1-14-17-12-9-13-18(34)20(17)25(35)21-19(14)27(41-15(2)16-10-7-5-6-8-11-16)23-24(33(3)4)26(36)22(30(32)39)29(38)31(23,40)28(21)37/h9,12-14,16,19,23-24,27,34-35,38,40H,2,5-8,10-11H2,1,3-4H3,(H2,32,39)/t14-,19+,23+,24-,27-,31-/m0/s1. The number of aliphatic hydroxyl groups is 3. The molecule has 2 fully saturated rings. The molecule has 41 heavy (non-hydrogen) atoms. The van der Waals surface area contributed by atoms with Gasteiger partial charge in [-0.2, -0.15) is 0 Å². The first-order valence-corrected chi connectivity index (χ1v) is 14.2. The van der Waals surface area contributed by atoms with Crippen LogP contribution in [0.4, 0.5) is 0 Å². The van der Waals surface area contributed by atoms with E-state index >= 15 is 0 Å². The number of nitrogens with two attached hydrogens (primary N) is 1. The lowest BCUT2D eigenvalue weighted by molar-refractivity contribution is -0.172. The van der Waals surface area contributed by atoms with Crippen molar-refractivity contribution in [3.05, 3.63) is 58.6 Å². The van der Waals surface area contributed by atoms with Gasteiger partial charge in [0.2, 0.25) is 5.78 Å². The smallest absolute Gasteiger partial charge is 0.255 e. The van der Waals surface area contributed by atoms with Gasteiger partial charge in [0, 0.05) is 17.4 Å². The number of phenols is 1. The number of phenolic OH excluding ortho intramolecular Hbond substituents is 1. The van der Waals surface area contributed by atoms with Crippen molar-refractivity contribution < 1.29 is 39.5 Å². The van der Waals surface area contributed by atoms with Gasteiger partial charge in [0.25, 0.3) is 5.91 Å². The van der Waals surface area contributed by atoms with Crippen molar-refractivity contribution in [1.29, 1.82) is 0 Å². The van der Waals surface area contributed by atoms with Gasteiger partial charge < -0.3 is 30.9 Å². The molecule has 1 aromatic carbocycles. The van der Waals surface area contributed by atoms with E-state index in [0.29, 0.717) is 11.3 Å². The number of hydrogen-bond donors (Lipinski definition) is 5. The Labute approximate surface area is 238 Å². The van der Waals surface area contributed by atoms with Gasteiger partial charge in [-0.05, 0) is 44.5 Å². The minimum atomic E-state index is -2.83. The van der Waals surface area contributed by atoms with Crippen LogP contribution in [0.3, 0.4) is 0 Å². The minimum Gasteiger partial charge on any atom is -0.508 e. The average molecular weight is 567 g/mol. The summed E-state index contributed by atoms with van der Waals surface area (Å²) in [6.45, 7) is 6.05. The van der Waals surface area contributed by atoms with Crippen molar-refractivity contribution in [2.75, 3.05) is 14.1 Å². The maximum Gasteiger partial charge on any atom is 0.255 e. The van der Waals surface area contributed by atoms with E-state index in [1.54, 1.807) is 26.2 Å². The first kappa shape index (κ1) is 28.9. The number of carbonyl (C=O) groups excluding carboxylic acids is 3. The number of rotatable bonds is 5. The number of ether oxygens (including phenoxy) is 1. The van der Waals surface area contributed by atoms with E-state index in [2.05, 4.69) is 6.58 Å². The van der Waals surface area contributed by atoms with Gasteiger partial charge in [-0.25, -0.2) is 0 Å². The molecule has 0 aromatic heterocycles. The van der Waals surface area contributed by atoms with Crippen molar-refractivity contribution in [2.24, 2.45) is 23.5 Å². The number of likely N-dealkylation sites (N-methyl/N-ethyl adjacent to an activating group) is 1. The summed E-state index contributed by atoms with van der Waals surface area (Å²) in [4.78, 5) is 41.9. The molecule has 1 amide bonds. The molecule has 0 saturated heterocycles. The molecule has 4 aliphatic carbocycles. The van der Waals surface area contributed by atoms with Gasteiger partial charge in [-0.3, -0.25) is 19.3 Å². The highest BCUT2D eigenvalue weighted by Crippen LogP contribution is 2.57. The fraction of sp³-hybridized carbons (Fsp3) is 0.516. The zero-order valence-electron chi connectivity index (χ0n) is 23.6. The zero-order chi connectivity index (χ0) is 30.0. The molecule has 6 N–H and O–H groups in total. The molecular formula is C31H38N2O8. The lowest BCUT2D eigenvalue weighted by Gasteiger charge is -2.55. The van der Waals surface area contributed by atoms with Crippen LogP contribution in [0.25, 0.3) is 5.76 Å². The molecule has 10 nitrogen and oxygen atoms in total.